The van der Waals surface area contributed by atoms with Crippen molar-refractivity contribution < 1.29 is 0 Å². The van der Waals surface area contributed by atoms with Gasteiger partial charge in [0, 0.05) is 11.4 Å². The van der Waals surface area contributed by atoms with Gasteiger partial charge in [-0.3, -0.25) is 0 Å². The molecule has 186 valence electrons. The maximum atomic E-state index is 5.88. The molecule has 4 aromatic rings. The van der Waals surface area contributed by atoms with E-state index in [0.29, 0.717) is 0 Å². The predicted octanol–water partition coefficient (Wildman–Crippen LogP) is 8.00. The molecule has 0 spiro atoms. The fraction of sp³-hybridized carbons (Fsp3) is 0.294. The van der Waals surface area contributed by atoms with Crippen LogP contribution in [-0.4, -0.2) is 0 Å². The molecule has 2 nitrogen and oxygen atoms in total. The highest BCUT2D eigenvalue weighted by molar-refractivity contribution is 5.46. The molecule has 4 N–H and O–H groups in total. The van der Waals surface area contributed by atoms with Gasteiger partial charge in [0.25, 0.3) is 0 Å². The Balaban J connectivity index is 1.14. The van der Waals surface area contributed by atoms with Crippen LogP contribution >= 0.6 is 0 Å². The molecule has 36 heavy (non-hydrogen) atoms. The number of hydrogen-bond acceptors (Lipinski definition) is 2. The van der Waals surface area contributed by atoms with Crippen molar-refractivity contribution in [2.45, 2.75) is 65.2 Å². The Hall–Kier alpha value is -3.52. The van der Waals surface area contributed by atoms with Gasteiger partial charge in [0.15, 0.2) is 0 Å². The van der Waals surface area contributed by atoms with Gasteiger partial charge in [0.05, 0.1) is 0 Å². The molecule has 0 fully saturated rings. The van der Waals surface area contributed by atoms with Crippen LogP contribution in [0.1, 0.15) is 70.2 Å². The lowest BCUT2D eigenvalue weighted by Crippen LogP contribution is -1.95. The van der Waals surface area contributed by atoms with Crippen molar-refractivity contribution in [2.24, 2.45) is 0 Å². The lowest BCUT2D eigenvalue weighted by atomic mass is 9.97. The quantitative estimate of drug-likeness (QED) is 0.170. The number of unbranched alkanes of at least 4 members (excludes halogenated alkanes) is 3. The Morgan fingerprint density at radius 3 is 1.17 bits per heavy atom. The van der Waals surface area contributed by atoms with E-state index in [4.69, 9.17) is 11.5 Å². The van der Waals surface area contributed by atoms with Crippen LogP contribution in [0.3, 0.4) is 0 Å². The van der Waals surface area contributed by atoms with E-state index >= 15 is 0 Å². The predicted molar refractivity (Wildman–Crippen MR) is 156 cm³/mol. The van der Waals surface area contributed by atoms with Gasteiger partial charge in [-0.25, -0.2) is 0 Å². The number of rotatable bonds is 11. The molecule has 0 aliphatic carbocycles. The van der Waals surface area contributed by atoms with Crippen molar-refractivity contribution >= 4 is 11.4 Å². The fourth-order valence-electron chi connectivity index (χ4n) is 4.93. The molecule has 4 aromatic carbocycles. The molecule has 0 unspecified atom stereocenters. The topological polar surface area (TPSA) is 52.0 Å². The zero-order valence-electron chi connectivity index (χ0n) is 21.9. The van der Waals surface area contributed by atoms with E-state index < -0.39 is 0 Å². The normalized spacial score (nSPS) is 11.1. The van der Waals surface area contributed by atoms with E-state index in [1.54, 1.807) is 0 Å². The summed E-state index contributed by atoms with van der Waals surface area (Å²) >= 11 is 0. The minimum absolute atomic E-state index is 0.838. The number of benzene rings is 4. The molecule has 0 aliphatic rings. The molecular weight excluding hydrogens is 436 g/mol. The van der Waals surface area contributed by atoms with E-state index in [1.165, 1.54) is 83.0 Å². The number of anilines is 2. The highest BCUT2D eigenvalue weighted by Gasteiger charge is 2.03. The van der Waals surface area contributed by atoms with E-state index in [0.717, 1.165) is 24.2 Å². The Kier molecular flexibility index (Phi) is 8.84. The zero-order valence-corrected chi connectivity index (χ0v) is 21.9. The standard InChI is InChI=1S/C34H40N2/c1-25-21-33(35)19-17-31(25)23-29-13-9-27(10-14-29)7-5-3-4-6-8-28-11-15-30(16-12-28)24-32-18-20-34(36)22-26(32)2/h9-22H,3-8,23-24,35-36H2,1-2H3. The zero-order chi connectivity index (χ0) is 25.3. The summed E-state index contributed by atoms with van der Waals surface area (Å²) < 4.78 is 0. The molecule has 0 saturated carbocycles. The monoisotopic (exact) mass is 476 g/mol. The van der Waals surface area contributed by atoms with Crippen molar-refractivity contribution in [3.63, 3.8) is 0 Å². The first kappa shape index (κ1) is 25.6. The molecule has 0 aromatic heterocycles. The average Bonchev–Trinajstić information content (AvgIpc) is 2.86. The van der Waals surface area contributed by atoms with E-state index in [2.05, 4.69) is 86.6 Å². The van der Waals surface area contributed by atoms with Crippen LogP contribution in [0.2, 0.25) is 0 Å². The van der Waals surface area contributed by atoms with Crippen LogP contribution in [0, 0.1) is 13.8 Å². The van der Waals surface area contributed by atoms with Gasteiger partial charge in [0.1, 0.15) is 0 Å². The van der Waals surface area contributed by atoms with Crippen molar-refractivity contribution in [1.82, 2.24) is 0 Å². The lowest BCUT2D eigenvalue weighted by molar-refractivity contribution is 0.640. The third-order valence-corrected chi connectivity index (χ3v) is 7.25. The van der Waals surface area contributed by atoms with Gasteiger partial charge >= 0.3 is 0 Å². The molecule has 0 aliphatic heterocycles. The lowest BCUT2D eigenvalue weighted by Gasteiger charge is -2.09. The second-order valence-corrected chi connectivity index (χ2v) is 10.3. The van der Waals surface area contributed by atoms with Crippen LogP contribution in [-0.2, 0) is 25.7 Å². The highest BCUT2D eigenvalue weighted by Crippen LogP contribution is 2.20. The van der Waals surface area contributed by atoms with Crippen LogP contribution < -0.4 is 11.5 Å². The minimum atomic E-state index is 0.838. The van der Waals surface area contributed by atoms with E-state index in [-0.39, 0.29) is 0 Å². The smallest absolute Gasteiger partial charge is 0.0316 e. The molecule has 0 amide bonds. The summed E-state index contributed by atoms with van der Waals surface area (Å²) in [5.41, 5.74) is 24.3. The summed E-state index contributed by atoms with van der Waals surface area (Å²) in [5, 5.41) is 0. The Morgan fingerprint density at radius 1 is 0.444 bits per heavy atom. The number of nitrogen functional groups attached to an aromatic ring is 2. The molecule has 0 bridgehead atoms. The number of aryl methyl sites for hydroxylation is 4. The second-order valence-electron chi connectivity index (χ2n) is 10.3. The first-order chi connectivity index (χ1) is 17.5. The first-order valence-electron chi connectivity index (χ1n) is 13.3. The summed E-state index contributed by atoms with van der Waals surface area (Å²) in [5.74, 6) is 0. The summed E-state index contributed by atoms with van der Waals surface area (Å²) in [7, 11) is 0. The molecule has 0 radical (unpaired) electrons. The van der Waals surface area contributed by atoms with Crippen molar-refractivity contribution in [3.8, 4) is 0 Å². The summed E-state index contributed by atoms with van der Waals surface area (Å²) in [6, 6.07) is 30.7. The van der Waals surface area contributed by atoms with Crippen LogP contribution in [0.5, 0.6) is 0 Å². The van der Waals surface area contributed by atoms with Crippen molar-refractivity contribution in [2.75, 3.05) is 11.5 Å². The van der Waals surface area contributed by atoms with Crippen LogP contribution in [0.4, 0.5) is 11.4 Å². The Bertz CT molecular complexity index is 1150. The maximum Gasteiger partial charge on any atom is 0.0316 e. The maximum absolute atomic E-state index is 5.88. The molecule has 0 heterocycles. The molecular formula is C34H40N2. The van der Waals surface area contributed by atoms with Crippen molar-refractivity contribution in [3.05, 3.63) is 129 Å². The van der Waals surface area contributed by atoms with E-state index in [1.807, 2.05) is 12.1 Å². The second kappa shape index (κ2) is 12.4. The number of hydrogen-bond donors (Lipinski definition) is 2. The molecule has 0 atom stereocenters. The largest absolute Gasteiger partial charge is 0.399 e. The first-order valence-corrected chi connectivity index (χ1v) is 13.3. The third-order valence-electron chi connectivity index (χ3n) is 7.25. The number of nitrogens with two attached hydrogens (primary N) is 2. The SMILES string of the molecule is Cc1cc(N)ccc1Cc1ccc(CCCCCCc2ccc(Cc3ccc(N)cc3C)cc2)cc1. The summed E-state index contributed by atoms with van der Waals surface area (Å²) in [6.07, 6.45) is 9.37. The average molecular weight is 477 g/mol. The van der Waals surface area contributed by atoms with Gasteiger partial charge in [-0.15, -0.1) is 0 Å². The minimum Gasteiger partial charge on any atom is -0.399 e. The van der Waals surface area contributed by atoms with Crippen molar-refractivity contribution in [1.29, 1.82) is 0 Å². The fourth-order valence-corrected chi connectivity index (χ4v) is 4.93. The van der Waals surface area contributed by atoms with Crippen LogP contribution in [0.25, 0.3) is 0 Å². The van der Waals surface area contributed by atoms with Gasteiger partial charge in [0.2, 0.25) is 0 Å². The summed E-state index contributed by atoms with van der Waals surface area (Å²) in [6.45, 7) is 4.28. The third kappa shape index (κ3) is 7.49. The molecule has 2 heteroatoms. The van der Waals surface area contributed by atoms with Gasteiger partial charge in [-0.1, -0.05) is 73.5 Å². The van der Waals surface area contributed by atoms with Gasteiger partial charge in [-0.05, 0) is 121 Å². The summed E-state index contributed by atoms with van der Waals surface area (Å²) in [4.78, 5) is 0. The highest BCUT2D eigenvalue weighted by atomic mass is 14.5. The van der Waals surface area contributed by atoms with Gasteiger partial charge < -0.3 is 11.5 Å². The molecule has 0 saturated heterocycles. The Labute approximate surface area is 217 Å². The van der Waals surface area contributed by atoms with Crippen LogP contribution in [0.15, 0.2) is 84.9 Å². The van der Waals surface area contributed by atoms with Gasteiger partial charge in [-0.2, -0.15) is 0 Å². The van der Waals surface area contributed by atoms with E-state index in [9.17, 15) is 0 Å². The Morgan fingerprint density at radius 2 is 0.806 bits per heavy atom. The molecule has 4 rings (SSSR count).